The quantitative estimate of drug-likeness (QED) is 0.566. The topological polar surface area (TPSA) is 90.6 Å². The molecule has 11 heteroatoms. The third-order valence-corrected chi connectivity index (χ3v) is 6.50. The Bertz CT molecular complexity index is 1280. The zero-order chi connectivity index (χ0) is 24.2. The van der Waals surface area contributed by atoms with Gasteiger partial charge in [-0.25, -0.2) is 4.98 Å². The molecule has 178 valence electrons. The number of carbonyl (C=O) groups excluding carboxylic acids is 1. The van der Waals surface area contributed by atoms with E-state index < -0.39 is 17.8 Å². The highest BCUT2D eigenvalue weighted by atomic mass is 35.5. The number of benzene rings is 1. The number of nitrogens with zero attached hydrogens (tertiary/aromatic N) is 3. The first-order valence-corrected chi connectivity index (χ1v) is 10.9. The Morgan fingerprint density at radius 1 is 1.18 bits per heavy atom. The van der Waals surface area contributed by atoms with Crippen molar-refractivity contribution in [2.24, 2.45) is 0 Å². The van der Waals surface area contributed by atoms with Gasteiger partial charge in [0.2, 0.25) is 0 Å². The van der Waals surface area contributed by atoms with E-state index in [1.54, 1.807) is 24.0 Å². The summed E-state index contributed by atoms with van der Waals surface area (Å²) in [5.41, 5.74) is 7.94. The Kier molecular flexibility index (Phi) is 5.62. The number of anilines is 1. The molecule has 2 aromatic heterocycles. The van der Waals surface area contributed by atoms with Crippen molar-refractivity contribution in [3.8, 4) is 0 Å². The highest BCUT2D eigenvalue weighted by molar-refractivity contribution is 6.34. The molecule has 5 rings (SSSR count). The number of hydrogen-bond donors (Lipinski definition) is 1. The standard InChI is InChI=1S/C23H20ClF3N4O3/c1-11-7-33-10-20(18-3-2-12(6-29-18)23(25,26)27)31(11)22(32)14-4-13-15-8-34-9-16(15)21(28)30-19(13)5-17(14)24/h2-6,11,20H,7-10H2,1H3,(H2,28,30)/t11-,20-/m0/s1. The first-order valence-electron chi connectivity index (χ1n) is 10.6. The second-order valence-electron chi connectivity index (χ2n) is 8.38. The predicted octanol–water partition coefficient (Wildman–Crippen LogP) is 4.52. The molecule has 2 N–H and O–H groups in total. The average Bonchev–Trinajstić information content (AvgIpc) is 3.29. The van der Waals surface area contributed by atoms with Crippen LogP contribution in [-0.4, -0.2) is 40.0 Å². The third-order valence-electron chi connectivity index (χ3n) is 6.18. The van der Waals surface area contributed by atoms with Gasteiger partial charge in [-0.1, -0.05) is 11.6 Å². The number of aromatic nitrogens is 2. The summed E-state index contributed by atoms with van der Waals surface area (Å²) in [5.74, 6) is -0.00993. The second-order valence-corrected chi connectivity index (χ2v) is 8.79. The summed E-state index contributed by atoms with van der Waals surface area (Å²) in [7, 11) is 0. The summed E-state index contributed by atoms with van der Waals surface area (Å²) in [6, 6.07) is 4.46. The Hall–Kier alpha value is -2.95. The van der Waals surface area contributed by atoms with Crippen LogP contribution in [0.15, 0.2) is 30.5 Å². The summed E-state index contributed by atoms with van der Waals surface area (Å²) in [5, 5.41) is 0.917. The van der Waals surface area contributed by atoms with Crippen LogP contribution in [0.25, 0.3) is 10.9 Å². The molecule has 0 spiro atoms. The molecular formula is C23H20ClF3N4O3. The summed E-state index contributed by atoms with van der Waals surface area (Å²) in [6.07, 6.45) is -3.74. The van der Waals surface area contributed by atoms with Gasteiger partial charge in [0.1, 0.15) is 5.82 Å². The number of halogens is 4. The molecular weight excluding hydrogens is 473 g/mol. The van der Waals surface area contributed by atoms with Gasteiger partial charge in [-0.2, -0.15) is 13.2 Å². The van der Waals surface area contributed by atoms with Crippen LogP contribution in [-0.2, 0) is 28.9 Å². The lowest BCUT2D eigenvalue weighted by Gasteiger charge is -2.40. The van der Waals surface area contributed by atoms with E-state index in [0.29, 0.717) is 30.2 Å². The van der Waals surface area contributed by atoms with Gasteiger partial charge < -0.3 is 20.1 Å². The molecule has 1 amide bonds. The Balaban J connectivity index is 1.55. The fourth-order valence-electron chi connectivity index (χ4n) is 4.45. The number of morpholine rings is 1. The first-order chi connectivity index (χ1) is 16.1. The molecule has 2 atom stereocenters. The highest BCUT2D eigenvalue weighted by Crippen LogP contribution is 2.36. The summed E-state index contributed by atoms with van der Waals surface area (Å²) >= 11 is 6.50. The van der Waals surface area contributed by atoms with Crippen LogP contribution in [0.4, 0.5) is 19.0 Å². The number of nitrogens with two attached hydrogens (primary N) is 1. The third kappa shape index (κ3) is 3.85. The van der Waals surface area contributed by atoms with E-state index in [0.717, 1.165) is 28.8 Å². The number of fused-ring (bicyclic) bond motifs is 3. The molecule has 1 aromatic carbocycles. The van der Waals surface area contributed by atoms with Gasteiger partial charge in [0.15, 0.2) is 0 Å². The molecule has 3 aromatic rings. The molecule has 0 aliphatic carbocycles. The van der Waals surface area contributed by atoms with E-state index in [9.17, 15) is 18.0 Å². The molecule has 0 saturated carbocycles. The van der Waals surface area contributed by atoms with Crippen molar-refractivity contribution in [1.29, 1.82) is 0 Å². The van der Waals surface area contributed by atoms with Crippen molar-refractivity contribution in [3.05, 3.63) is 63.4 Å². The van der Waals surface area contributed by atoms with Crippen molar-refractivity contribution >= 4 is 34.2 Å². The molecule has 1 saturated heterocycles. The summed E-state index contributed by atoms with van der Waals surface area (Å²) in [6.45, 7) is 2.87. The van der Waals surface area contributed by atoms with Crippen LogP contribution >= 0.6 is 11.6 Å². The largest absolute Gasteiger partial charge is 0.417 e. The van der Waals surface area contributed by atoms with Crippen molar-refractivity contribution in [1.82, 2.24) is 14.9 Å². The zero-order valence-corrected chi connectivity index (χ0v) is 18.8. The highest BCUT2D eigenvalue weighted by Gasteiger charge is 2.37. The lowest BCUT2D eigenvalue weighted by molar-refractivity contribution is -0.137. The van der Waals surface area contributed by atoms with E-state index in [2.05, 4.69) is 9.97 Å². The molecule has 34 heavy (non-hydrogen) atoms. The Labute approximate surface area is 197 Å². The van der Waals surface area contributed by atoms with Gasteiger partial charge in [0, 0.05) is 17.1 Å². The van der Waals surface area contributed by atoms with Crippen molar-refractivity contribution in [2.45, 2.75) is 38.4 Å². The maximum atomic E-state index is 13.8. The van der Waals surface area contributed by atoms with Gasteiger partial charge in [-0.3, -0.25) is 9.78 Å². The number of carbonyl (C=O) groups is 1. The van der Waals surface area contributed by atoms with Gasteiger partial charge in [-0.05, 0) is 36.8 Å². The molecule has 0 unspecified atom stereocenters. The Morgan fingerprint density at radius 3 is 2.65 bits per heavy atom. The SMILES string of the molecule is C[C@H]1COC[C@@H](c2ccc(C(F)(F)F)cn2)N1C(=O)c1cc2c3c(c(N)nc2cc1Cl)COC3. The predicted molar refractivity (Wildman–Crippen MR) is 118 cm³/mol. The monoisotopic (exact) mass is 492 g/mol. The molecule has 2 aliphatic rings. The lowest BCUT2D eigenvalue weighted by Crippen LogP contribution is -2.49. The number of hydrogen-bond acceptors (Lipinski definition) is 6. The van der Waals surface area contributed by atoms with Crippen LogP contribution < -0.4 is 5.73 Å². The van der Waals surface area contributed by atoms with E-state index >= 15 is 0 Å². The fourth-order valence-corrected chi connectivity index (χ4v) is 4.69. The molecule has 7 nitrogen and oxygen atoms in total. The number of ether oxygens (including phenoxy) is 2. The van der Waals surface area contributed by atoms with Crippen LogP contribution in [0.3, 0.4) is 0 Å². The number of alkyl halides is 3. The van der Waals surface area contributed by atoms with Gasteiger partial charge in [0.25, 0.3) is 5.91 Å². The lowest BCUT2D eigenvalue weighted by atomic mass is 10.00. The zero-order valence-electron chi connectivity index (χ0n) is 18.0. The van der Waals surface area contributed by atoms with Crippen LogP contribution in [0, 0.1) is 0 Å². The van der Waals surface area contributed by atoms with Crippen molar-refractivity contribution in [3.63, 3.8) is 0 Å². The average molecular weight is 493 g/mol. The number of nitrogen functional groups attached to an aromatic ring is 1. The minimum Gasteiger partial charge on any atom is -0.383 e. The van der Waals surface area contributed by atoms with E-state index in [4.69, 9.17) is 26.8 Å². The molecule has 0 bridgehead atoms. The van der Waals surface area contributed by atoms with Gasteiger partial charge in [0.05, 0.1) is 65.9 Å². The van der Waals surface area contributed by atoms with Crippen molar-refractivity contribution in [2.75, 3.05) is 18.9 Å². The normalized spacial score (nSPS) is 20.6. The smallest absolute Gasteiger partial charge is 0.383 e. The van der Waals surface area contributed by atoms with E-state index in [-0.39, 0.29) is 35.7 Å². The fraction of sp³-hybridized carbons (Fsp3) is 0.348. The minimum absolute atomic E-state index is 0.0982. The minimum atomic E-state index is -4.50. The van der Waals surface area contributed by atoms with Crippen LogP contribution in [0.5, 0.6) is 0 Å². The first kappa shape index (κ1) is 22.8. The molecule has 4 heterocycles. The Morgan fingerprint density at radius 2 is 1.94 bits per heavy atom. The van der Waals surface area contributed by atoms with Gasteiger partial charge in [-0.15, -0.1) is 0 Å². The van der Waals surface area contributed by atoms with Gasteiger partial charge >= 0.3 is 6.18 Å². The number of pyridine rings is 2. The number of rotatable bonds is 2. The van der Waals surface area contributed by atoms with Crippen LogP contribution in [0.1, 0.15) is 45.7 Å². The van der Waals surface area contributed by atoms with Crippen LogP contribution in [0.2, 0.25) is 5.02 Å². The molecule has 2 aliphatic heterocycles. The van der Waals surface area contributed by atoms with Crippen molar-refractivity contribution < 1.29 is 27.4 Å². The second kappa shape index (κ2) is 8.37. The van der Waals surface area contributed by atoms with E-state index in [1.165, 1.54) is 6.07 Å². The number of amides is 1. The summed E-state index contributed by atoms with van der Waals surface area (Å²) in [4.78, 5) is 23.7. The van der Waals surface area contributed by atoms with E-state index in [1.807, 2.05) is 0 Å². The maximum absolute atomic E-state index is 13.8. The molecule has 0 radical (unpaired) electrons. The molecule has 1 fully saturated rings. The maximum Gasteiger partial charge on any atom is 0.417 e. The summed E-state index contributed by atoms with van der Waals surface area (Å²) < 4.78 is 50.1.